The van der Waals surface area contributed by atoms with E-state index in [1.807, 2.05) is 4.90 Å². The Bertz CT molecular complexity index is 179. The highest BCUT2D eigenvalue weighted by Gasteiger charge is 2.39. The summed E-state index contributed by atoms with van der Waals surface area (Å²) >= 11 is 0. The molecule has 0 aromatic carbocycles. The summed E-state index contributed by atoms with van der Waals surface area (Å²) in [6.45, 7) is 1.84. The third-order valence-electron chi connectivity index (χ3n) is 2.77. The Hall–Kier alpha value is -0.770. The number of hydrogen-bond acceptors (Lipinski definition) is 3. The van der Waals surface area contributed by atoms with Gasteiger partial charge in [0.2, 0.25) is 0 Å². The fraction of sp³-hybridized carbons (Fsp3) is 0.875. The number of amides is 1. The first-order chi connectivity index (χ1) is 5.83. The van der Waals surface area contributed by atoms with Gasteiger partial charge in [0.1, 0.15) is 0 Å². The van der Waals surface area contributed by atoms with E-state index in [1.54, 1.807) is 0 Å². The highest BCUT2D eigenvalue weighted by atomic mass is 16.5. The molecule has 2 aliphatic rings. The number of piperazine rings is 1. The zero-order valence-corrected chi connectivity index (χ0v) is 7.25. The first-order valence-corrected chi connectivity index (χ1v) is 4.40. The third kappa shape index (κ3) is 1.06. The molecule has 68 valence electrons. The van der Waals surface area contributed by atoms with Crippen molar-refractivity contribution in [3.63, 3.8) is 0 Å². The minimum Gasteiger partial charge on any atom is -0.453 e. The fourth-order valence-electron chi connectivity index (χ4n) is 2.18. The van der Waals surface area contributed by atoms with Gasteiger partial charge in [-0.05, 0) is 12.8 Å². The number of methoxy groups -OCH3 is 1. The lowest BCUT2D eigenvalue weighted by Gasteiger charge is -2.33. The molecule has 2 rings (SSSR count). The summed E-state index contributed by atoms with van der Waals surface area (Å²) in [4.78, 5) is 13.2. The summed E-state index contributed by atoms with van der Waals surface area (Å²) in [6, 6.07) is 0.743. The van der Waals surface area contributed by atoms with Gasteiger partial charge in [-0.25, -0.2) is 4.79 Å². The molecule has 1 N–H and O–H groups in total. The summed E-state index contributed by atoms with van der Waals surface area (Å²) in [5.74, 6) is 0. The molecule has 2 heterocycles. The quantitative estimate of drug-likeness (QED) is 0.564. The summed E-state index contributed by atoms with van der Waals surface area (Å²) < 4.78 is 4.73. The molecule has 4 nitrogen and oxygen atoms in total. The zero-order valence-electron chi connectivity index (χ0n) is 7.25. The maximum atomic E-state index is 11.3. The van der Waals surface area contributed by atoms with Gasteiger partial charge >= 0.3 is 6.09 Å². The fourth-order valence-corrected chi connectivity index (χ4v) is 2.18. The van der Waals surface area contributed by atoms with E-state index in [2.05, 4.69) is 5.32 Å². The highest BCUT2D eigenvalue weighted by molar-refractivity contribution is 5.69. The zero-order chi connectivity index (χ0) is 8.55. The average Bonchev–Trinajstić information content (AvgIpc) is 2.35. The normalized spacial score (nSPS) is 33.6. The van der Waals surface area contributed by atoms with Gasteiger partial charge in [0.15, 0.2) is 0 Å². The van der Waals surface area contributed by atoms with Crippen LogP contribution in [-0.2, 0) is 4.74 Å². The van der Waals surface area contributed by atoms with E-state index in [1.165, 1.54) is 7.11 Å². The lowest BCUT2D eigenvalue weighted by molar-refractivity contribution is 0.0912. The molecule has 4 heteroatoms. The lowest BCUT2D eigenvalue weighted by atomic mass is 10.2. The molecular formula is C8H14N2O2. The van der Waals surface area contributed by atoms with E-state index in [-0.39, 0.29) is 6.09 Å². The van der Waals surface area contributed by atoms with Crippen LogP contribution < -0.4 is 5.32 Å². The molecule has 0 aromatic heterocycles. The van der Waals surface area contributed by atoms with Crippen molar-refractivity contribution < 1.29 is 9.53 Å². The van der Waals surface area contributed by atoms with Crippen molar-refractivity contribution in [2.45, 2.75) is 24.9 Å². The van der Waals surface area contributed by atoms with Gasteiger partial charge in [0, 0.05) is 25.2 Å². The predicted molar refractivity (Wildman–Crippen MR) is 43.9 cm³/mol. The van der Waals surface area contributed by atoms with Crippen molar-refractivity contribution in [2.24, 2.45) is 0 Å². The lowest BCUT2D eigenvalue weighted by Crippen LogP contribution is -2.54. The Labute approximate surface area is 71.9 Å². The van der Waals surface area contributed by atoms with E-state index in [0.717, 1.165) is 25.9 Å². The summed E-state index contributed by atoms with van der Waals surface area (Å²) in [6.07, 6.45) is 2.07. The highest BCUT2D eigenvalue weighted by Crippen LogP contribution is 2.26. The van der Waals surface area contributed by atoms with Crippen LogP contribution >= 0.6 is 0 Å². The molecule has 2 atom stereocenters. The van der Waals surface area contributed by atoms with E-state index in [0.29, 0.717) is 12.1 Å². The molecule has 2 saturated heterocycles. The Kier molecular flexibility index (Phi) is 1.92. The number of carbonyl (C=O) groups excluding carboxylic acids is 1. The molecule has 0 aliphatic carbocycles. The number of ether oxygens (including phenoxy) is 1. The second-order valence-corrected chi connectivity index (χ2v) is 3.42. The van der Waals surface area contributed by atoms with Gasteiger partial charge in [-0.2, -0.15) is 0 Å². The molecule has 2 fully saturated rings. The number of carbonyl (C=O) groups is 1. The van der Waals surface area contributed by atoms with Gasteiger partial charge in [-0.1, -0.05) is 0 Å². The molecular weight excluding hydrogens is 156 g/mol. The van der Waals surface area contributed by atoms with E-state index in [9.17, 15) is 4.79 Å². The minimum absolute atomic E-state index is 0.163. The van der Waals surface area contributed by atoms with Gasteiger partial charge in [-0.15, -0.1) is 0 Å². The number of nitrogens with one attached hydrogen (secondary N) is 1. The summed E-state index contributed by atoms with van der Waals surface area (Å²) in [5.41, 5.74) is 0. The first kappa shape index (κ1) is 7.86. The van der Waals surface area contributed by atoms with Crippen LogP contribution in [0.5, 0.6) is 0 Å². The molecule has 2 bridgehead atoms. The van der Waals surface area contributed by atoms with Crippen LogP contribution in [0.15, 0.2) is 0 Å². The number of hydrogen-bond donors (Lipinski definition) is 1. The number of fused-ring (bicyclic) bond motifs is 2. The Morgan fingerprint density at radius 2 is 2.00 bits per heavy atom. The van der Waals surface area contributed by atoms with Crippen molar-refractivity contribution in [1.82, 2.24) is 10.2 Å². The minimum atomic E-state index is -0.163. The Morgan fingerprint density at radius 3 is 2.50 bits per heavy atom. The molecule has 0 spiro atoms. The molecule has 0 saturated carbocycles. The maximum absolute atomic E-state index is 11.3. The van der Waals surface area contributed by atoms with Gasteiger partial charge in [0.25, 0.3) is 0 Å². The van der Waals surface area contributed by atoms with Crippen LogP contribution in [-0.4, -0.2) is 43.3 Å². The third-order valence-corrected chi connectivity index (χ3v) is 2.77. The Morgan fingerprint density at radius 1 is 1.42 bits per heavy atom. The van der Waals surface area contributed by atoms with E-state index < -0.39 is 0 Å². The molecule has 2 aliphatic heterocycles. The van der Waals surface area contributed by atoms with Crippen LogP contribution in [0.1, 0.15) is 12.8 Å². The number of nitrogens with zero attached hydrogens (tertiary/aromatic N) is 1. The van der Waals surface area contributed by atoms with Crippen molar-refractivity contribution in [3.05, 3.63) is 0 Å². The Balaban J connectivity index is 2.10. The van der Waals surface area contributed by atoms with Crippen LogP contribution in [0.3, 0.4) is 0 Å². The van der Waals surface area contributed by atoms with Crippen molar-refractivity contribution in [1.29, 1.82) is 0 Å². The van der Waals surface area contributed by atoms with Crippen molar-refractivity contribution in [3.8, 4) is 0 Å². The van der Waals surface area contributed by atoms with Crippen molar-refractivity contribution in [2.75, 3.05) is 20.2 Å². The van der Waals surface area contributed by atoms with E-state index >= 15 is 0 Å². The molecule has 2 unspecified atom stereocenters. The van der Waals surface area contributed by atoms with Gasteiger partial charge < -0.3 is 10.1 Å². The monoisotopic (exact) mass is 170 g/mol. The van der Waals surface area contributed by atoms with Crippen LogP contribution in [0.4, 0.5) is 4.79 Å². The van der Waals surface area contributed by atoms with Crippen molar-refractivity contribution >= 4 is 6.09 Å². The summed E-state index contributed by atoms with van der Waals surface area (Å²) in [7, 11) is 1.45. The molecule has 0 aromatic rings. The number of rotatable bonds is 0. The molecule has 12 heavy (non-hydrogen) atoms. The van der Waals surface area contributed by atoms with Crippen LogP contribution in [0.25, 0.3) is 0 Å². The SMILES string of the molecule is COC(=O)N1C2CCC1CNC2. The molecule has 0 radical (unpaired) electrons. The van der Waals surface area contributed by atoms with Gasteiger partial charge in [0.05, 0.1) is 7.11 Å². The summed E-state index contributed by atoms with van der Waals surface area (Å²) in [5, 5.41) is 3.31. The second kappa shape index (κ2) is 2.94. The largest absolute Gasteiger partial charge is 0.453 e. The van der Waals surface area contributed by atoms with Gasteiger partial charge in [-0.3, -0.25) is 4.90 Å². The molecule has 1 amide bonds. The smallest absolute Gasteiger partial charge is 0.410 e. The maximum Gasteiger partial charge on any atom is 0.410 e. The van der Waals surface area contributed by atoms with Crippen LogP contribution in [0, 0.1) is 0 Å². The van der Waals surface area contributed by atoms with Crippen LogP contribution in [0.2, 0.25) is 0 Å². The van der Waals surface area contributed by atoms with E-state index in [4.69, 9.17) is 4.74 Å². The topological polar surface area (TPSA) is 41.6 Å². The second-order valence-electron chi connectivity index (χ2n) is 3.42. The average molecular weight is 170 g/mol. The predicted octanol–water partition coefficient (Wildman–Crippen LogP) is 0.189. The standard InChI is InChI=1S/C8H14N2O2/c1-12-8(11)10-6-2-3-7(10)5-9-4-6/h6-7,9H,2-5H2,1H3. The first-order valence-electron chi connectivity index (χ1n) is 4.40.